The highest BCUT2D eigenvalue weighted by molar-refractivity contribution is 5.78. The van der Waals surface area contributed by atoms with Crippen LogP contribution in [0, 0.1) is 11.3 Å². The highest BCUT2D eigenvalue weighted by atomic mass is 16.3. The van der Waals surface area contributed by atoms with Crippen LogP contribution >= 0.6 is 0 Å². The van der Waals surface area contributed by atoms with Gasteiger partial charge in [0.25, 0.3) is 0 Å². The van der Waals surface area contributed by atoms with E-state index in [1.54, 1.807) is 0 Å². The molecular weight excluding hydrogens is 314 g/mol. The van der Waals surface area contributed by atoms with Crippen molar-refractivity contribution in [2.75, 3.05) is 13.2 Å². The van der Waals surface area contributed by atoms with E-state index in [9.17, 15) is 15.2 Å². The fourth-order valence-electron chi connectivity index (χ4n) is 3.98. The number of aliphatic hydroxyl groups is 1. The topological polar surface area (TPSA) is 76.4 Å². The highest BCUT2D eigenvalue weighted by Crippen LogP contribution is 2.44. The summed E-state index contributed by atoms with van der Waals surface area (Å²) in [5.41, 5.74) is 3.55. The summed E-state index contributed by atoms with van der Waals surface area (Å²) in [5.74, 6) is -0.153. The second-order valence-electron chi connectivity index (χ2n) is 6.70. The van der Waals surface area contributed by atoms with E-state index >= 15 is 0 Å². The van der Waals surface area contributed by atoms with E-state index in [0.29, 0.717) is 6.54 Å². The maximum Gasteiger partial charge on any atom is 0.318 e. The molecule has 0 spiro atoms. The molecule has 3 rings (SSSR count). The number of nitrogens with one attached hydrogen (secondary N) is 1. The molecule has 1 aliphatic carbocycles. The van der Waals surface area contributed by atoms with E-state index in [2.05, 4.69) is 23.5 Å². The minimum atomic E-state index is -0.544. The molecule has 1 aromatic carbocycles. The monoisotopic (exact) mass is 339 g/mol. The standard InChI is InChI=1S/C20H25N3O2/c1-2-11-22-20(25)23-17(12-21)19(18(23)13-24)16-10-6-5-9-15(16)14-7-3-4-8-14/h5-7,9-10,17-19,24H,2-4,8,11,13H2,1H3,(H,22,25)/t17-,18+,19-/m0/s1. The predicted octanol–water partition coefficient (Wildman–Crippen LogP) is 3.03. The number of allylic oxidation sites excluding steroid dienone is 2. The maximum atomic E-state index is 12.4. The molecule has 1 aliphatic heterocycles. The first-order valence-corrected chi connectivity index (χ1v) is 9.07. The average molecular weight is 339 g/mol. The summed E-state index contributed by atoms with van der Waals surface area (Å²) in [4.78, 5) is 13.9. The molecule has 25 heavy (non-hydrogen) atoms. The number of carbonyl (C=O) groups is 1. The Morgan fingerprint density at radius 3 is 2.88 bits per heavy atom. The zero-order chi connectivity index (χ0) is 17.8. The second kappa shape index (κ2) is 7.71. The summed E-state index contributed by atoms with van der Waals surface area (Å²) < 4.78 is 0. The van der Waals surface area contributed by atoms with Crippen LogP contribution in [-0.4, -0.2) is 41.3 Å². The quantitative estimate of drug-likeness (QED) is 0.866. The van der Waals surface area contributed by atoms with Crippen LogP contribution in [0.25, 0.3) is 5.57 Å². The molecule has 5 nitrogen and oxygen atoms in total. The minimum Gasteiger partial charge on any atom is -0.394 e. The number of benzene rings is 1. The van der Waals surface area contributed by atoms with Crippen molar-refractivity contribution in [1.82, 2.24) is 10.2 Å². The maximum absolute atomic E-state index is 12.4. The van der Waals surface area contributed by atoms with E-state index < -0.39 is 6.04 Å². The lowest BCUT2D eigenvalue weighted by molar-refractivity contribution is 0.0168. The molecule has 0 unspecified atom stereocenters. The third kappa shape index (κ3) is 3.14. The van der Waals surface area contributed by atoms with Crippen LogP contribution in [0.1, 0.15) is 49.7 Å². The lowest BCUT2D eigenvalue weighted by atomic mass is 9.73. The Balaban J connectivity index is 1.90. The lowest BCUT2D eigenvalue weighted by Crippen LogP contribution is -2.67. The van der Waals surface area contributed by atoms with Gasteiger partial charge in [-0.2, -0.15) is 5.26 Å². The van der Waals surface area contributed by atoms with Gasteiger partial charge in [0.1, 0.15) is 6.04 Å². The number of likely N-dealkylation sites (tertiary alicyclic amines) is 1. The van der Waals surface area contributed by atoms with Gasteiger partial charge in [-0.1, -0.05) is 37.3 Å². The van der Waals surface area contributed by atoms with Crippen molar-refractivity contribution in [3.05, 3.63) is 41.5 Å². The Labute approximate surface area is 148 Å². The summed E-state index contributed by atoms with van der Waals surface area (Å²) in [5, 5.41) is 22.4. The van der Waals surface area contributed by atoms with Gasteiger partial charge in [-0.25, -0.2) is 4.79 Å². The Kier molecular flexibility index (Phi) is 5.40. The van der Waals surface area contributed by atoms with Crippen molar-refractivity contribution in [2.45, 2.75) is 50.6 Å². The first-order valence-electron chi connectivity index (χ1n) is 9.07. The average Bonchev–Trinajstić information content (AvgIpc) is 3.14. The number of aliphatic hydroxyl groups excluding tert-OH is 1. The molecule has 2 amide bonds. The smallest absolute Gasteiger partial charge is 0.318 e. The van der Waals surface area contributed by atoms with Crippen LogP contribution in [0.4, 0.5) is 4.79 Å². The van der Waals surface area contributed by atoms with Gasteiger partial charge in [-0.3, -0.25) is 0 Å². The Morgan fingerprint density at radius 2 is 2.24 bits per heavy atom. The molecule has 132 valence electrons. The Morgan fingerprint density at radius 1 is 1.44 bits per heavy atom. The molecule has 2 N–H and O–H groups in total. The molecular formula is C20H25N3O2. The van der Waals surface area contributed by atoms with Gasteiger partial charge in [0.05, 0.1) is 18.7 Å². The largest absolute Gasteiger partial charge is 0.394 e. The third-order valence-corrected chi connectivity index (χ3v) is 5.20. The minimum absolute atomic E-state index is 0.143. The zero-order valence-electron chi connectivity index (χ0n) is 14.6. The molecule has 1 fully saturated rings. The third-order valence-electron chi connectivity index (χ3n) is 5.20. The second-order valence-corrected chi connectivity index (χ2v) is 6.70. The van der Waals surface area contributed by atoms with Crippen LogP contribution < -0.4 is 5.32 Å². The van der Waals surface area contributed by atoms with Crippen LogP contribution in [-0.2, 0) is 0 Å². The van der Waals surface area contributed by atoms with Crippen LogP contribution in [0.2, 0.25) is 0 Å². The molecule has 0 radical (unpaired) electrons. The fraction of sp³-hybridized carbons (Fsp3) is 0.500. The van der Waals surface area contributed by atoms with Crippen molar-refractivity contribution in [3.8, 4) is 6.07 Å². The first-order chi connectivity index (χ1) is 12.2. The van der Waals surface area contributed by atoms with E-state index in [1.165, 1.54) is 10.5 Å². The van der Waals surface area contributed by atoms with Crippen molar-refractivity contribution in [3.63, 3.8) is 0 Å². The van der Waals surface area contributed by atoms with Crippen molar-refractivity contribution in [2.24, 2.45) is 0 Å². The number of carbonyl (C=O) groups excluding carboxylic acids is 1. The van der Waals surface area contributed by atoms with Crippen molar-refractivity contribution >= 4 is 11.6 Å². The number of amides is 2. The molecule has 5 heteroatoms. The normalized spacial score (nSPS) is 25.1. The summed E-state index contributed by atoms with van der Waals surface area (Å²) in [6, 6.07) is 9.22. The molecule has 2 aliphatic rings. The number of nitriles is 1. The molecule has 1 aromatic rings. The predicted molar refractivity (Wildman–Crippen MR) is 96.8 cm³/mol. The number of hydrogen-bond acceptors (Lipinski definition) is 3. The van der Waals surface area contributed by atoms with Gasteiger partial charge in [0.2, 0.25) is 0 Å². The van der Waals surface area contributed by atoms with Crippen molar-refractivity contribution in [1.29, 1.82) is 5.26 Å². The SMILES string of the molecule is CCCNC(=O)N1[C@H](CO)[C@@H](c2ccccc2C2=CCCC2)[C@@H]1C#N. The van der Waals surface area contributed by atoms with Gasteiger partial charge in [0, 0.05) is 12.5 Å². The molecule has 0 saturated carbocycles. The zero-order valence-corrected chi connectivity index (χ0v) is 14.6. The number of rotatable bonds is 5. The summed E-state index contributed by atoms with van der Waals surface area (Å²) in [7, 11) is 0. The van der Waals surface area contributed by atoms with E-state index in [4.69, 9.17) is 0 Å². The van der Waals surface area contributed by atoms with Gasteiger partial charge >= 0.3 is 6.03 Å². The number of nitrogens with zero attached hydrogens (tertiary/aromatic N) is 2. The lowest BCUT2D eigenvalue weighted by Gasteiger charge is -2.51. The van der Waals surface area contributed by atoms with Crippen LogP contribution in [0.3, 0.4) is 0 Å². The fourth-order valence-corrected chi connectivity index (χ4v) is 3.98. The van der Waals surface area contributed by atoms with Crippen molar-refractivity contribution < 1.29 is 9.90 Å². The van der Waals surface area contributed by atoms with E-state index in [1.807, 2.05) is 25.1 Å². The number of hydrogen-bond donors (Lipinski definition) is 2. The summed E-state index contributed by atoms with van der Waals surface area (Å²) in [6.07, 6.45) is 6.39. The first kappa shape index (κ1) is 17.5. The Hall–Kier alpha value is -2.32. The molecule has 3 atom stereocenters. The molecule has 0 bridgehead atoms. The van der Waals surface area contributed by atoms with E-state index in [-0.39, 0.29) is 24.6 Å². The van der Waals surface area contributed by atoms with Crippen LogP contribution in [0.5, 0.6) is 0 Å². The van der Waals surface area contributed by atoms with Gasteiger partial charge in [-0.05, 0) is 42.4 Å². The summed E-state index contributed by atoms with van der Waals surface area (Å²) in [6.45, 7) is 2.41. The van der Waals surface area contributed by atoms with Gasteiger partial charge in [0.15, 0.2) is 0 Å². The summed E-state index contributed by atoms with van der Waals surface area (Å²) >= 11 is 0. The van der Waals surface area contributed by atoms with E-state index in [0.717, 1.165) is 36.8 Å². The van der Waals surface area contributed by atoms with Gasteiger partial charge < -0.3 is 15.3 Å². The molecule has 0 aromatic heterocycles. The number of urea groups is 1. The molecule has 1 saturated heterocycles. The van der Waals surface area contributed by atoms with Gasteiger partial charge in [-0.15, -0.1) is 0 Å². The molecule has 1 heterocycles. The van der Waals surface area contributed by atoms with Crippen LogP contribution in [0.15, 0.2) is 30.3 Å². The highest BCUT2D eigenvalue weighted by Gasteiger charge is 2.52. The Bertz CT molecular complexity index is 707.